The van der Waals surface area contributed by atoms with Gasteiger partial charge in [-0.15, -0.1) is 0 Å². The Kier molecular flexibility index (Phi) is 4.11. The molecule has 1 aliphatic rings. The minimum Gasteiger partial charge on any atom is -0.389 e. The van der Waals surface area contributed by atoms with Crippen LogP contribution in [0.3, 0.4) is 0 Å². The van der Waals surface area contributed by atoms with Crippen LogP contribution in [-0.2, 0) is 9.47 Å². The number of thiocarbonyl (C=S) groups is 1. The van der Waals surface area contributed by atoms with Crippen molar-refractivity contribution in [2.45, 2.75) is 12.2 Å². The van der Waals surface area contributed by atoms with Gasteiger partial charge in [0.15, 0.2) is 0 Å². The van der Waals surface area contributed by atoms with E-state index in [0.717, 1.165) is 24.5 Å². The van der Waals surface area contributed by atoms with E-state index >= 15 is 0 Å². The van der Waals surface area contributed by atoms with Gasteiger partial charge in [-0.25, -0.2) is 4.98 Å². The molecule has 2 heterocycles. The maximum absolute atomic E-state index is 5.62. The first-order valence-electron chi connectivity index (χ1n) is 5.72. The Morgan fingerprint density at radius 3 is 2.50 bits per heavy atom. The molecule has 5 nitrogen and oxygen atoms in total. The van der Waals surface area contributed by atoms with E-state index in [9.17, 15) is 0 Å². The fourth-order valence-corrected chi connectivity index (χ4v) is 2.26. The number of rotatable bonds is 4. The summed E-state index contributed by atoms with van der Waals surface area (Å²) in [5.74, 6) is 0.849. The third-order valence-electron chi connectivity index (χ3n) is 3.17. The molecule has 1 aromatic rings. The summed E-state index contributed by atoms with van der Waals surface area (Å²) in [7, 11) is 3.39. The van der Waals surface area contributed by atoms with Crippen LogP contribution in [0.25, 0.3) is 0 Å². The van der Waals surface area contributed by atoms with Gasteiger partial charge in [0.25, 0.3) is 0 Å². The summed E-state index contributed by atoms with van der Waals surface area (Å²) in [4.78, 5) is 6.84. The summed E-state index contributed by atoms with van der Waals surface area (Å²) in [6, 6.07) is 3.70. The van der Waals surface area contributed by atoms with Crippen LogP contribution in [0.4, 0.5) is 5.82 Å². The number of pyridine rings is 1. The van der Waals surface area contributed by atoms with E-state index in [4.69, 9.17) is 27.4 Å². The molecular weight excluding hydrogens is 250 g/mol. The minimum absolute atomic E-state index is 0.0604. The van der Waals surface area contributed by atoms with E-state index in [1.807, 2.05) is 12.1 Å². The smallest absolute Gasteiger partial charge is 0.129 e. The third-order valence-corrected chi connectivity index (χ3v) is 3.41. The molecule has 2 atom stereocenters. The second-order valence-corrected chi connectivity index (χ2v) is 4.66. The molecule has 0 spiro atoms. The molecule has 0 amide bonds. The van der Waals surface area contributed by atoms with Gasteiger partial charge in [-0.3, -0.25) is 0 Å². The first-order chi connectivity index (χ1) is 8.65. The fourth-order valence-electron chi connectivity index (χ4n) is 2.13. The molecule has 18 heavy (non-hydrogen) atoms. The lowest BCUT2D eigenvalue weighted by Crippen LogP contribution is -2.27. The molecule has 0 aliphatic carbocycles. The van der Waals surface area contributed by atoms with Crippen LogP contribution in [0.15, 0.2) is 18.3 Å². The van der Waals surface area contributed by atoms with Crippen LogP contribution in [0.2, 0.25) is 0 Å². The quantitative estimate of drug-likeness (QED) is 0.805. The maximum Gasteiger partial charge on any atom is 0.129 e. The number of nitrogens with two attached hydrogens (primary N) is 1. The lowest BCUT2D eigenvalue weighted by Gasteiger charge is -2.17. The molecule has 2 unspecified atom stereocenters. The predicted molar refractivity (Wildman–Crippen MR) is 73.9 cm³/mol. The lowest BCUT2D eigenvalue weighted by molar-refractivity contribution is -0.00461. The van der Waals surface area contributed by atoms with Crippen molar-refractivity contribution in [2.24, 2.45) is 5.73 Å². The van der Waals surface area contributed by atoms with Crippen LogP contribution in [0.5, 0.6) is 0 Å². The highest BCUT2D eigenvalue weighted by Crippen LogP contribution is 2.22. The highest BCUT2D eigenvalue weighted by atomic mass is 32.1. The van der Waals surface area contributed by atoms with E-state index in [0.29, 0.717) is 4.99 Å². The zero-order valence-electron chi connectivity index (χ0n) is 10.5. The average Bonchev–Trinajstić information content (AvgIpc) is 2.82. The average molecular weight is 267 g/mol. The summed E-state index contributed by atoms with van der Waals surface area (Å²) >= 11 is 4.97. The van der Waals surface area contributed by atoms with Crippen LogP contribution in [-0.4, -0.2) is 49.5 Å². The van der Waals surface area contributed by atoms with Gasteiger partial charge in [-0.05, 0) is 12.1 Å². The Balaban J connectivity index is 2.18. The number of anilines is 1. The molecule has 2 N–H and O–H groups in total. The van der Waals surface area contributed by atoms with Crippen molar-refractivity contribution in [2.75, 3.05) is 32.2 Å². The molecule has 6 heteroatoms. The van der Waals surface area contributed by atoms with Gasteiger partial charge in [-0.2, -0.15) is 0 Å². The SMILES string of the molecule is COC1CN(c2cc(C(N)=S)ccn2)CC1OC. The van der Waals surface area contributed by atoms with Crippen molar-refractivity contribution in [3.8, 4) is 0 Å². The third kappa shape index (κ3) is 2.60. The van der Waals surface area contributed by atoms with Gasteiger partial charge < -0.3 is 20.1 Å². The van der Waals surface area contributed by atoms with Gasteiger partial charge in [0, 0.05) is 39.1 Å². The first-order valence-corrected chi connectivity index (χ1v) is 6.13. The molecule has 0 saturated carbocycles. The van der Waals surface area contributed by atoms with Gasteiger partial charge in [0.1, 0.15) is 23.0 Å². The van der Waals surface area contributed by atoms with Crippen molar-refractivity contribution in [3.05, 3.63) is 23.9 Å². The summed E-state index contributed by atoms with van der Waals surface area (Å²) in [5.41, 5.74) is 6.45. The maximum atomic E-state index is 5.62. The second-order valence-electron chi connectivity index (χ2n) is 4.22. The van der Waals surface area contributed by atoms with Gasteiger partial charge in [0.2, 0.25) is 0 Å². The number of hydrogen-bond donors (Lipinski definition) is 1. The number of ether oxygens (including phenoxy) is 2. The zero-order valence-corrected chi connectivity index (χ0v) is 11.3. The molecule has 0 aromatic carbocycles. The largest absolute Gasteiger partial charge is 0.389 e. The molecule has 0 bridgehead atoms. The predicted octanol–water partition coefficient (Wildman–Crippen LogP) is 0.566. The number of aromatic nitrogens is 1. The highest BCUT2D eigenvalue weighted by molar-refractivity contribution is 7.80. The van der Waals surface area contributed by atoms with Crippen LogP contribution in [0.1, 0.15) is 5.56 Å². The molecule has 1 fully saturated rings. The van der Waals surface area contributed by atoms with E-state index in [1.165, 1.54) is 0 Å². The fraction of sp³-hybridized carbons (Fsp3) is 0.500. The topological polar surface area (TPSA) is 60.6 Å². The Morgan fingerprint density at radius 2 is 2.00 bits per heavy atom. The Bertz CT molecular complexity index is 429. The summed E-state index contributed by atoms with van der Waals surface area (Å²) < 4.78 is 10.8. The standard InChI is InChI=1S/C12H17N3O2S/c1-16-9-6-15(7-10(9)17-2)11-5-8(12(13)18)3-4-14-11/h3-5,9-10H,6-7H2,1-2H3,(H2,13,18). The Hall–Kier alpha value is -1.24. The molecular formula is C12H17N3O2S. The van der Waals surface area contributed by atoms with Gasteiger partial charge in [0.05, 0.1) is 0 Å². The van der Waals surface area contributed by atoms with E-state index in [1.54, 1.807) is 20.4 Å². The summed E-state index contributed by atoms with van der Waals surface area (Å²) in [5, 5.41) is 0. The highest BCUT2D eigenvalue weighted by Gasteiger charge is 2.33. The van der Waals surface area contributed by atoms with Crippen molar-refractivity contribution in [3.63, 3.8) is 0 Å². The van der Waals surface area contributed by atoms with E-state index in [2.05, 4.69) is 9.88 Å². The first kappa shape index (κ1) is 13.2. The second kappa shape index (κ2) is 5.60. The van der Waals surface area contributed by atoms with E-state index in [-0.39, 0.29) is 12.2 Å². The Labute approximate surface area is 112 Å². The van der Waals surface area contributed by atoms with Crippen molar-refractivity contribution in [1.29, 1.82) is 0 Å². The van der Waals surface area contributed by atoms with Crippen LogP contribution in [0, 0.1) is 0 Å². The lowest BCUT2D eigenvalue weighted by atomic mass is 10.2. The van der Waals surface area contributed by atoms with Gasteiger partial charge in [-0.1, -0.05) is 12.2 Å². The monoisotopic (exact) mass is 267 g/mol. The van der Waals surface area contributed by atoms with Crippen LogP contribution >= 0.6 is 12.2 Å². The zero-order chi connectivity index (χ0) is 13.1. The number of nitrogens with zero attached hydrogens (tertiary/aromatic N) is 2. The van der Waals surface area contributed by atoms with Crippen molar-refractivity contribution in [1.82, 2.24) is 4.98 Å². The molecule has 1 saturated heterocycles. The van der Waals surface area contributed by atoms with E-state index < -0.39 is 0 Å². The number of methoxy groups -OCH3 is 2. The molecule has 1 aliphatic heterocycles. The molecule has 1 aromatic heterocycles. The Morgan fingerprint density at radius 1 is 1.39 bits per heavy atom. The molecule has 98 valence electrons. The minimum atomic E-state index is 0.0604. The summed E-state index contributed by atoms with van der Waals surface area (Å²) in [6.07, 6.45) is 1.83. The normalized spacial score (nSPS) is 23.3. The van der Waals surface area contributed by atoms with Gasteiger partial charge >= 0.3 is 0 Å². The van der Waals surface area contributed by atoms with Crippen molar-refractivity contribution >= 4 is 23.0 Å². The molecule has 2 rings (SSSR count). The molecule has 0 radical (unpaired) electrons. The van der Waals surface area contributed by atoms with Crippen molar-refractivity contribution < 1.29 is 9.47 Å². The summed E-state index contributed by atoms with van der Waals surface area (Å²) in [6.45, 7) is 1.51. The number of hydrogen-bond acceptors (Lipinski definition) is 5. The van der Waals surface area contributed by atoms with Crippen LogP contribution < -0.4 is 10.6 Å².